The molecule has 0 aliphatic rings. The zero-order valence-corrected chi connectivity index (χ0v) is 16.9. The number of hydrogen-bond donors (Lipinski definition) is 1. The maximum Gasteiger partial charge on any atom is 0.236 e. The number of nitrogens with zero attached hydrogens (tertiary/aromatic N) is 4. The molecular formula is C16H15BrClN5O2S. The lowest BCUT2D eigenvalue weighted by Crippen LogP contribution is -2.15. The molecule has 0 unspecified atom stereocenters. The summed E-state index contributed by atoms with van der Waals surface area (Å²) in [5.41, 5.74) is 0. The molecule has 136 valence electrons. The molecule has 1 amide bonds. The highest BCUT2D eigenvalue weighted by molar-refractivity contribution is 9.10. The van der Waals surface area contributed by atoms with E-state index in [0.29, 0.717) is 32.3 Å². The Morgan fingerprint density at radius 3 is 2.85 bits per heavy atom. The highest BCUT2D eigenvalue weighted by Crippen LogP contribution is 2.27. The maximum absolute atomic E-state index is 12.1. The maximum atomic E-state index is 12.1. The Hall–Kier alpha value is -1.84. The number of aromatic nitrogens is 4. The molecule has 10 heteroatoms. The minimum Gasteiger partial charge on any atom is -0.446 e. The van der Waals surface area contributed by atoms with Gasteiger partial charge in [-0.25, -0.2) is 4.98 Å². The van der Waals surface area contributed by atoms with Gasteiger partial charge in [-0.2, -0.15) is 0 Å². The summed E-state index contributed by atoms with van der Waals surface area (Å²) in [4.78, 5) is 16.2. The fraction of sp³-hybridized carbons (Fsp3) is 0.250. The Kier molecular flexibility index (Phi) is 6.33. The zero-order valence-electron chi connectivity index (χ0n) is 13.8. The molecule has 0 fully saturated rings. The van der Waals surface area contributed by atoms with Gasteiger partial charge < -0.3 is 9.73 Å². The third-order valence-corrected chi connectivity index (χ3v) is 4.90. The SMILES string of the molecule is CCCn1c(SCC(=O)Nc2ccc(Cl)cn2)nnc1-c1ccc(Br)o1. The second kappa shape index (κ2) is 8.70. The Labute approximate surface area is 167 Å². The molecule has 26 heavy (non-hydrogen) atoms. The van der Waals surface area contributed by atoms with Gasteiger partial charge in [-0.05, 0) is 46.6 Å². The first kappa shape index (κ1) is 18.9. The molecule has 0 atom stereocenters. The molecule has 0 spiro atoms. The van der Waals surface area contributed by atoms with Crippen LogP contribution in [0.5, 0.6) is 0 Å². The Balaban J connectivity index is 1.68. The van der Waals surface area contributed by atoms with Crippen molar-refractivity contribution in [2.45, 2.75) is 25.0 Å². The van der Waals surface area contributed by atoms with Gasteiger partial charge in [-0.3, -0.25) is 9.36 Å². The summed E-state index contributed by atoms with van der Waals surface area (Å²) in [6.07, 6.45) is 2.39. The van der Waals surface area contributed by atoms with Gasteiger partial charge in [0.25, 0.3) is 0 Å². The molecular weight excluding hydrogens is 442 g/mol. The number of anilines is 1. The van der Waals surface area contributed by atoms with E-state index in [0.717, 1.165) is 13.0 Å². The van der Waals surface area contributed by atoms with E-state index in [1.165, 1.54) is 18.0 Å². The van der Waals surface area contributed by atoms with Gasteiger partial charge in [-0.1, -0.05) is 30.3 Å². The van der Waals surface area contributed by atoms with Crippen molar-refractivity contribution >= 4 is 51.0 Å². The van der Waals surface area contributed by atoms with Crippen molar-refractivity contribution in [3.05, 3.63) is 40.2 Å². The normalized spacial score (nSPS) is 10.9. The van der Waals surface area contributed by atoms with Crippen LogP contribution in [0.4, 0.5) is 5.82 Å². The van der Waals surface area contributed by atoms with Crippen LogP contribution in [0.1, 0.15) is 13.3 Å². The van der Waals surface area contributed by atoms with Crippen molar-refractivity contribution in [1.29, 1.82) is 0 Å². The van der Waals surface area contributed by atoms with Gasteiger partial charge in [0, 0.05) is 12.7 Å². The van der Waals surface area contributed by atoms with Gasteiger partial charge in [0.05, 0.1) is 10.8 Å². The topological polar surface area (TPSA) is 85.8 Å². The standard InChI is InChI=1S/C16H15BrClN5O2S/c1-2-7-23-15(11-4-5-12(17)25-11)21-22-16(23)26-9-14(24)20-13-6-3-10(18)8-19-13/h3-6,8H,2,7,9H2,1H3,(H,19,20,24). The molecule has 3 heterocycles. The van der Waals surface area contributed by atoms with Gasteiger partial charge in [0.2, 0.25) is 11.7 Å². The number of thioether (sulfide) groups is 1. The second-order valence-corrected chi connectivity index (χ2v) is 7.42. The number of rotatable bonds is 7. The summed E-state index contributed by atoms with van der Waals surface area (Å²) in [6.45, 7) is 2.79. The van der Waals surface area contributed by atoms with Gasteiger partial charge >= 0.3 is 0 Å². The first-order valence-electron chi connectivity index (χ1n) is 7.80. The lowest BCUT2D eigenvalue weighted by atomic mass is 10.4. The minimum absolute atomic E-state index is 0.182. The Morgan fingerprint density at radius 1 is 1.35 bits per heavy atom. The number of nitrogens with one attached hydrogen (secondary N) is 1. The van der Waals surface area contributed by atoms with Gasteiger partial charge in [0.1, 0.15) is 5.82 Å². The quantitative estimate of drug-likeness (QED) is 0.527. The predicted molar refractivity (Wildman–Crippen MR) is 104 cm³/mol. The lowest BCUT2D eigenvalue weighted by molar-refractivity contribution is -0.113. The lowest BCUT2D eigenvalue weighted by Gasteiger charge is -2.07. The van der Waals surface area contributed by atoms with Gasteiger partial charge in [-0.15, -0.1) is 10.2 Å². The van der Waals surface area contributed by atoms with E-state index < -0.39 is 0 Å². The van der Waals surface area contributed by atoms with E-state index in [9.17, 15) is 4.79 Å². The number of halogens is 2. The molecule has 3 aromatic heterocycles. The second-order valence-electron chi connectivity index (χ2n) is 5.26. The molecule has 1 N–H and O–H groups in total. The number of amides is 1. The molecule has 0 aliphatic heterocycles. The summed E-state index contributed by atoms with van der Waals surface area (Å²) in [6, 6.07) is 6.95. The van der Waals surface area contributed by atoms with Crippen molar-refractivity contribution in [2.75, 3.05) is 11.1 Å². The summed E-state index contributed by atoms with van der Waals surface area (Å²) < 4.78 is 8.15. The summed E-state index contributed by atoms with van der Waals surface area (Å²) in [7, 11) is 0. The number of hydrogen-bond acceptors (Lipinski definition) is 6. The molecule has 0 saturated heterocycles. The van der Waals surface area contributed by atoms with Crippen LogP contribution in [0, 0.1) is 0 Å². The Bertz CT molecular complexity index is 896. The summed E-state index contributed by atoms with van der Waals surface area (Å²) in [5.74, 6) is 1.72. The van der Waals surface area contributed by atoms with Gasteiger partial charge in [0.15, 0.2) is 15.6 Å². The van der Waals surface area contributed by atoms with Crippen LogP contribution in [0.3, 0.4) is 0 Å². The van der Waals surface area contributed by atoms with Crippen LogP contribution in [0.15, 0.2) is 44.7 Å². The van der Waals surface area contributed by atoms with Crippen molar-refractivity contribution in [1.82, 2.24) is 19.7 Å². The molecule has 0 bridgehead atoms. The molecule has 0 aliphatic carbocycles. The largest absolute Gasteiger partial charge is 0.446 e. The third-order valence-electron chi connectivity index (χ3n) is 3.28. The minimum atomic E-state index is -0.182. The number of carbonyl (C=O) groups is 1. The monoisotopic (exact) mass is 455 g/mol. The van der Waals surface area contributed by atoms with Crippen LogP contribution < -0.4 is 5.32 Å². The molecule has 0 saturated carbocycles. The average molecular weight is 457 g/mol. The van der Waals surface area contributed by atoms with Crippen molar-refractivity contribution in [3.8, 4) is 11.6 Å². The first-order valence-corrected chi connectivity index (χ1v) is 9.95. The molecule has 3 rings (SSSR count). The zero-order chi connectivity index (χ0) is 18.5. The van der Waals surface area contributed by atoms with Crippen molar-refractivity contribution in [2.24, 2.45) is 0 Å². The summed E-state index contributed by atoms with van der Waals surface area (Å²) >= 11 is 10.4. The number of carbonyl (C=O) groups excluding carboxylic acids is 1. The number of pyridine rings is 1. The van der Waals surface area contributed by atoms with Crippen LogP contribution in [0.25, 0.3) is 11.6 Å². The number of furan rings is 1. The molecule has 0 aromatic carbocycles. The van der Waals surface area contributed by atoms with E-state index in [2.05, 4.69) is 43.4 Å². The average Bonchev–Trinajstić information content (AvgIpc) is 3.22. The van der Waals surface area contributed by atoms with E-state index >= 15 is 0 Å². The smallest absolute Gasteiger partial charge is 0.236 e. The van der Waals surface area contributed by atoms with Crippen molar-refractivity contribution in [3.63, 3.8) is 0 Å². The van der Waals surface area contributed by atoms with E-state index in [1.54, 1.807) is 18.2 Å². The molecule has 0 radical (unpaired) electrons. The highest BCUT2D eigenvalue weighted by atomic mass is 79.9. The van der Waals surface area contributed by atoms with E-state index in [1.807, 2.05) is 10.6 Å². The van der Waals surface area contributed by atoms with E-state index in [-0.39, 0.29) is 11.7 Å². The van der Waals surface area contributed by atoms with Crippen LogP contribution in [-0.2, 0) is 11.3 Å². The molecule has 3 aromatic rings. The fourth-order valence-corrected chi connectivity index (χ4v) is 3.38. The molecule has 7 nitrogen and oxygen atoms in total. The Morgan fingerprint density at radius 2 is 2.19 bits per heavy atom. The van der Waals surface area contributed by atoms with Crippen LogP contribution >= 0.6 is 39.3 Å². The van der Waals surface area contributed by atoms with Crippen molar-refractivity contribution < 1.29 is 9.21 Å². The van der Waals surface area contributed by atoms with Crippen LogP contribution in [0.2, 0.25) is 5.02 Å². The summed E-state index contributed by atoms with van der Waals surface area (Å²) in [5, 5.41) is 12.3. The van der Waals surface area contributed by atoms with Crippen LogP contribution in [-0.4, -0.2) is 31.4 Å². The first-order chi connectivity index (χ1) is 12.6. The third kappa shape index (κ3) is 4.66. The fourth-order valence-electron chi connectivity index (χ4n) is 2.20. The highest BCUT2D eigenvalue weighted by Gasteiger charge is 2.17. The predicted octanol–water partition coefficient (Wildman–Crippen LogP) is 4.49. The van der Waals surface area contributed by atoms with E-state index in [4.69, 9.17) is 16.0 Å².